The van der Waals surface area contributed by atoms with Crippen LogP contribution in [0.15, 0.2) is 0 Å². The molecule has 0 aromatic heterocycles. The monoisotopic (exact) mass is 296 g/mol. The molecular formula is C15H24N2O4. The maximum Gasteiger partial charge on any atom is 0.320 e. The van der Waals surface area contributed by atoms with Crippen LogP contribution in [-0.4, -0.2) is 66.3 Å². The van der Waals surface area contributed by atoms with Crippen LogP contribution in [0.25, 0.3) is 0 Å². The third-order valence-corrected chi connectivity index (χ3v) is 4.96. The zero-order chi connectivity index (χ0) is 14.9. The first-order valence-corrected chi connectivity index (χ1v) is 7.96. The highest BCUT2D eigenvalue weighted by molar-refractivity contribution is 5.79. The van der Waals surface area contributed by atoms with E-state index in [-0.39, 0.29) is 6.03 Å². The topological polar surface area (TPSA) is 70.1 Å². The number of amides is 2. The standard InChI is InChI=1S/C15H24N2O4/c18-13(19)15(10-12-2-3-12)4-1-5-17(11-15)14(20)16-6-8-21-9-7-16/h12H,1-11H2,(H,18,19)/t15-/m0/s1. The summed E-state index contributed by atoms with van der Waals surface area (Å²) >= 11 is 0. The van der Waals surface area contributed by atoms with Gasteiger partial charge in [0, 0.05) is 26.2 Å². The number of carbonyl (C=O) groups is 2. The van der Waals surface area contributed by atoms with Crippen molar-refractivity contribution in [1.82, 2.24) is 9.80 Å². The quantitative estimate of drug-likeness (QED) is 0.855. The normalized spacial score (nSPS) is 30.3. The summed E-state index contributed by atoms with van der Waals surface area (Å²) in [6.45, 7) is 3.42. The predicted molar refractivity (Wildman–Crippen MR) is 76.0 cm³/mol. The second-order valence-electron chi connectivity index (χ2n) is 6.64. The summed E-state index contributed by atoms with van der Waals surface area (Å²) in [5.74, 6) is -0.173. The third kappa shape index (κ3) is 3.15. The highest BCUT2D eigenvalue weighted by Gasteiger charge is 2.47. The third-order valence-electron chi connectivity index (χ3n) is 4.96. The Morgan fingerprint density at radius 3 is 2.48 bits per heavy atom. The molecule has 118 valence electrons. The van der Waals surface area contributed by atoms with Crippen molar-refractivity contribution in [2.24, 2.45) is 11.3 Å². The van der Waals surface area contributed by atoms with E-state index in [2.05, 4.69) is 0 Å². The number of morpholine rings is 1. The van der Waals surface area contributed by atoms with Crippen molar-refractivity contribution < 1.29 is 19.4 Å². The van der Waals surface area contributed by atoms with Crippen LogP contribution in [-0.2, 0) is 9.53 Å². The van der Waals surface area contributed by atoms with Crippen LogP contribution in [0, 0.1) is 11.3 Å². The van der Waals surface area contributed by atoms with Gasteiger partial charge in [-0.3, -0.25) is 4.79 Å². The number of carboxylic acid groups (broad SMARTS) is 1. The van der Waals surface area contributed by atoms with Gasteiger partial charge >= 0.3 is 12.0 Å². The molecule has 0 aromatic rings. The Labute approximate surface area is 125 Å². The van der Waals surface area contributed by atoms with Crippen LogP contribution in [0.3, 0.4) is 0 Å². The van der Waals surface area contributed by atoms with Crippen molar-refractivity contribution in [2.45, 2.75) is 32.1 Å². The number of piperidine rings is 1. The molecule has 0 aromatic carbocycles. The highest BCUT2D eigenvalue weighted by Crippen LogP contribution is 2.45. The molecule has 0 spiro atoms. The van der Waals surface area contributed by atoms with E-state index in [1.807, 2.05) is 0 Å². The van der Waals surface area contributed by atoms with Crippen molar-refractivity contribution in [2.75, 3.05) is 39.4 Å². The lowest BCUT2D eigenvalue weighted by Crippen LogP contribution is -2.55. The van der Waals surface area contributed by atoms with Crippen LogP contribution in [0.1, 0.15) is 32.1 Å². The molecule has 2 heterocycles. The molecule has 3 aliphatic rings. The minimum atomic E-state index is -0.728. The van der Waals surface area contributed by atoms with Crippen LogP contribution in [0.4, 0.5) is 4.79 Å². The highest BCUT2D eigenvalue weighted by atomic mass is 16.5. The number of nitrogens with zero attached hydrogens (tertiary/aromatic N) is 2. The lowest BCUT2D eigenvalue weighted by Gasteiger charge is -2.42. The van der Waals surface area contributed by atoms with Gasteiger partial charge in [-0.15, -0.1) is 0 Å². The van der Waals surface area contributed by atoms with Crippen LogP contribution < -0.4 is 0 Å². The van der Waals surface area contributed by atoms with E-state index in [1.165, 1.54) is 0 Å². The SMILES string of the molecule is O=C(N1CCOCC1)N1CCC[C@@](CC2CC2)(C(=O)O)C1. The summed E-state index contributed by atoms with van der Waals surface area (Å²) in [7, 11) is 0. The van der Waals surface area contributed by atoms with E-state index >= 15 is 0 Å². The molecule has 6 heteroatoms. The lowest BCUT2D eigenvalue weighted by molar-refractivity contribution is -0.152. The Morgan fingerprint density at radius 1 is 1.14 bits per heavy atom. The number of ether oxygens (including phenoxy) is 1. The minimum Gasteiger partial charge on any atom is -0.481 e. The smallest absolute Gasteiger partial charge is 0.320 e. The molecule has 1 N–H and O–H groups in total. The zero-order valence-corrected chi connectivity index (χ0v) is 12.4. The van der Waals surface area contributed by atoms with Gasteiger partial charge in [0.25, 0.3) is 0 Å². The summed E-state index contributed by atoms with van der Waals surface area (Å²) in [5, 5.41) is 9.70. The molecule has 6 nitrogen and oxygen atoms in total. The van der Waals surface area contributed by atoms with Gasteiger partial charge < -0.3 is 19.6 Å². The second kappa shape index (κ2) is 5.83. The van der Waals surface area contributed by atoms with Gasteiger partial charge in [0.2, 0.25) is 0 Å². The molecule has 3 rings (SSSR count). The number of carbonyl (C=O) groups excluding carboxylic acids is 1. The molecule has 1 aliphatic carbocycles. The van der Waals surface area contributed by atoms with Gasteiger partial charge in [0.15, 0.2) is 0 Å². The molecule has 0 radical (unpaired) electrons. The van der Waals surface area contributed by atoms with E-state index in [0.29, 0.717) is 51.7 Å². The Kier molecular flexibility index (Phi) is 4.06. The average molecular weight is 296 g/mol. The predicted octanol–water partition coefficient (Wildman–Crippen LogP) is 1.41. The summed E-state index contributed by atoms with van der Waals surface area (Å²) in [4.78, 5) is 27.9. The van der Waals surface area contributed by atoms with E-state index in [4.69, 9.17) is 4.74 Å². The summed E-state index contributed by atoms with van der Waals surface area (Å²) in [5.41, 5.74) is -0.721. The van der Waals surface area contributed by atoms with Gasteiger partial charge in [-0.2, -0.15) is 0 Å². The number of urea groups is 1. The van der Waals surface area contributed by atoms with E-state index in [1.54, 1.807) is 9.80 Å². The van der Waals surface area contributed by atoms with Crippen molar-refractivity contribution in [3.8, 4) is 0 Å². The minimum absolute atomic E-state index is 0.0144. The number of hydrogen-bond donors (Lipinski definition) is 1. The molecule has 1 saturated carbocycles. The lowest BCUT2D eigenvalue weighted by atomic mass is 9.75. The molecule has 0 bridgehead atoms. The Morgan fingerprint density at radius 2 is 1.86 bits per heavy atom. The first-order chi connectivity index (χ1) is 10.1. The molecule has 2 amide bonds. The van der Waals surface area contributed by atoms with E-state index < -0.39 is 11.4 Å². The maximum atomic E-state index is 12.6. The fraction of sp³-hybridized carbons (Fsp3) is 0.867. The molecule has 3 fully saturated rings. The number of likely N-dealkylation sites (tertiary alicyclic amines) is 1. The van der Waals surface area contributed by atoms with Crippen molar-refractivity contribution in [3.05, 3.63) is 0 Å². The zero-order valence-electron chi connectivity index (χ0n) is 12.4. The largest absolute Gasteiger partial charge is 0.481 e. The molecule has 21 heavy (non-hydrogen) atoms. The van der Waals surface area contributed by atoms with Gasteiger partial charge in [-0.1, -0.05) is 12.8 Å². The molecule has 1 atom stereocenters. The van der Waals surface area contributed by atoms with Gasteiger partial charge in [0.1, 0.15) is 0 Å². The van der Waals surface area contributed by atoms with E-state index in [0.717, 1.165) is 25.7 Å². The van der Waals surface area contributed by atoms with E-state index in [9.17, 15) is 14.7 Å². The van der Waals surface area contributed by atoms with Crippen LogP contribution in [0.5, 0.6) is 0 Å². The molecule has 2 aliphatic heterocycles. The van der Waals surface area contributed by atoms with Crippen molar-refractivity contribution in [3.63, 3.8) is 0 Å². The van der Waals surface area contributed by atoms with Gasteiger partial charge in [0.05, 0.1) is 18.6 Å². The van der Waals surface area contributed by atoms with Crippen molar-refractivity contribution >= 4 is 12.0 Å². The maximum absolute atomic E-state index is 12.6. The fourth-order valence-electron chi connectivity index (χ4n) is 3.55. The number of rotatable bonds is 3. The fourth-order valence-corrected chi connectivity index (χ4v) is 3.55. The summed E-state index contributed by atoms with van der Waals surface area (Å²) in [6, 6.07) is -0.0144. The second-order valence-corrected chi connectivity index (χ2v) is 6.64. The number of hydrogen-bond acceptors (Lipinski definition) is 3. The first-order valence-electron chi connectivity index (χ1n) is 7.96. The summed E-state index contributed by atoms with van der Waals surface area (Å²) in [6.07, 6.45) is 4.51. The molecule has 2 saturated heterocycles. The Hall–Kier alpha value is -1.30. The van der Waals surface area contributed by atoms with Gasteiger partial charge in [-0.05, 0) is 25.2 Å². The van der Waals surface area contributed by atoms with Gasteiger partial charge in [-0.25, -0.2) is 4.79 Å². The molecule has 0 unspecified atom stereocenters. The number of carboxylic acids is 1. The van der Waals surface area contributed by atoms with Crippen LogP contribution >= 0.6 is 0 Å². The summed E-state index contributed by atoms with van der Waals surface area (Å²) < 4.78 is 5.27. The Bertz CT molecular complexity index is 418. The van der Waals surface area contributed by atoms with Crippen molar-refractivity contribution in [1.29, 1.82) is 0 Å². The molecular weight excluding hydrogens is 272 g/mol. The Balaban J connectivity index is 1.68. The average Bonchev–Trinajstić information content (AvgIpc) is 3.31. The first kappa shape index (κ1) is 14.6. The van der Waals surface area contributed by atoms with Crippen LogP contribution in [0.2, 0.25) is 0 Å². The number of aliphatic carboxylic acids is 1.